The van der Waals surface area contributed by atoms with Crippen LogP contribution in [0.3, 0.4) is 0 Å². The number of amides is 2. The number of nitrogens with one attached hydrogen (secondary N) is 1. The van der Waals surface area contributed by atoms with Crippen molar-refractivity contribution in [3.63, 3.8) is 0 Å². The zero-order valence-corrected chi connectivity index (χ0v) is 16.3. The van der Waals surface area contributed by atoms with Gasteiger partial charge in [-0.25, -0.2) is 9.18 Å². The quantitative estimate of drug-likeness (QED) is 0.650. The van der Waals surface area contributed by atoms with Gasteiger partial charge in [0.2, 0.25) is 5.91 Å². The van der Waals surface area contributed by atoms with Gasteiger partial charge in [-0.05, 0) is 74.4 Å². The maximum absolute atomic E-state index is 12.3. The summed E-state index contributed by atoms with van der Waals surface area (Å²) in [6.45, 7) is 0. The van der Waals surface area contributed by atoms with E-state index in [1.807, 2.05) is 0 Å². The van der Waals surface area contributed by atoms with Gasteiger partial charge in [0, 0.05) is 17.0 Å². The number of benzene rings is 2. The van der Waals surface area contributed by atoms with E-state index in [-0.39, 0.29) is 17.4 Å². The molecule has 7 nitrogen and oxygen atoms in total. The van der Waals surface area contributed by atoms with E-state index in [1.165, 1.54) is 18.2 Å². The van der Waals surface area contributed by atoms with E-state index in [9.17, 15) is 23.9 Å². The van der Waals surface area contributed by atoms with Crippen molar-refractivity contribution in [2.45, 2.75) is 38.5 Å². The highest BCUT2D eigenvalue weighted by molar-refractivity contribution is 5.92. The van der Waals surface area contributed by atoms with Crippen molar-refractivity contribution in [2.75, 3.05) is 0 Å². The third-order valence-electron chi connectivity index (χ3n) is 5.04. The number of rotatable bonds is 5. The van der Waals surface area contributed by atoms with E-state index in [1.54, 1.807) is 12.1 Å². The molecule has 2 aromatic rings. The highest BCUT2D eigenvalue weighted by atomic mass is 19.1. The molecule has 2 aliphatic carbocycles. The molecule has 4 N–H and O–H groups in total. The number of hydroxylamine groups is 1. The molecule has 2 amide bonds. The normalized spacial score (nSPS) is 14.6. The maximum Gasteiger partial charge on any atom is 0.335 e. The van der Waals surface area contributed by atoms with Crippen molar-refractivity contribution in [2.24, 2.45) is 11.7 Å². The largest absolute Gasteiger partial charge is 0.478 e. The van der Waals surface area contributed by atoms with Crippen LogP contribution in [0, 0.1) is 11.7 Å². The molecule has 0 saturated heterocycles. The average Bonchev–Trinajstić information content (AvgIpc) is 3.57. The summed E-state index contributed by atoms with van der Waals surface area (Å²) in [7, 11) is 0. The van der Waals surface area contributed by atoms with Crippen LogP contribution < -0.4 is 16.1 Å². The molecule has 1 fully saturated rings. The van der Waals surface area contributed by atoms with Crippen molar-refractivity contribution < 1.29 is 28.7 Å². The van der Waals surface area contributed by atoms with Crippen LogP contribution in [0.25, 0.3) is 0 Å². The summed E-state index contributed by atoms with van der Waals surface area (Å²) in [5.74, 6) is -1.38. The van der Waals surface area contributed by atoms with Gasteiger partial charge in [-0.15, -0.1) is 0 Å². The van der Waals surface area contributed by atoms with Crippen LogP contribution in [0.4, 0.5) is 4.39 Å². The Bertz CT molecular complexity index is 972. The Morgan fingerprint density at radius 2 is 1.77 bits per heavy atom. The second-order valence-corrected chi connectivity index (χ2v) is 7.30. The number of primary amides is 1. The number of carbonyl (C=O) groups is 3. The minimum Gasteiger partial charge on any atom is -0.478 e. The number of carboxylic acids is 1. The molecule has 2 aliphatic rings. The Labute approximate surface area is 173 Å². The number of aromatic carboxylic acids is 1. The fourth-order valence-corrected chi connectivity index (χ4v) is 3.31. The van der Waals surface area contributed by atoms with E-state index >= 15 is 0 Å². The lowest BCUT2D eigenvalue weighted by Crippen LogP contribution is -2.29. The molecule has 0 heterocycles. The first kappa shape index (κ1) is 21.3. The Balaban J connectivity index is 0.000000216. The molecular weight excluding hydrogens is 391 g/mol. The van der Waals surface area contributed by atoms with Crippen LogP contribution in [-0.2, 0) is 17.6 Å². The van der Waals surface area contributed by atoms with E-state index in [4.69, 9.17) is 10.6 Å². The summed E-state index contributed by atoms with van der Waals surface area (Å²) in [4.78, 5) is 38.6. The van der Waals surface area contributed by atoms with Crippen molar-refractivity contribution in [3.05, 3.63) is 64.5 Å². The first-order valence-corrected chi connectivity index (χ1v) is 9.77. The topological polar surface area (TPSA) is 119 Å². The summed E-state index contributed by atoms with van der Waals surface area (Å²) in [6, 6.07) is 8.46. The Morgan fingerprint density at radius 3 is 2.33 bits per heavy atom. The first-order chi connectivity index (χ1) is 14.4. The highest BCUT2D eigenvalue weighted by Crippen LogP contribution is 2.33. The van der Waals surface area contributed by atoms with Crippen molar-refractivity contribution in [3.8, 4) is 5.75 Å². The van der Waals surface area contributed by atoms with Crippen molar-refractivity contribution in [1.29, 1.82) is 0 Å². The van der Waals surface area contributed by atoms with Gasteiger partial charge in [0.15, 0.2) is 5.75 Å². The summed E-state index contributed by atoms with van der Waals surface area (Å²) in [6.07, 6.45) is 5.40. The molecule has 0 spiro atoms. The highest BCUT2D eigenvalue weighted by Gasteiger charge is 2.30. The van der Waals surface area contributed by atoms with Gasteiger partial charge in [0.05, 0.1) is 5.56 Å². The molecule has 1 saturated carbocycles. The summed E-state index contributed by atoms with van der Waals surface area (Å²) >= 11 is 0. The van der Waals surface area contributed by atoms with Crippen LogP contribution in [-0.4, -0.2) is 22.9 Å². The average molecular weight is 414 g/mol. The van der Waals surface area contributed by atoms with Crippen LogP contribution in [0.2, 0.25) is 0 Å². The third-order valence-corrected chi connectivity index (χ3v) is 5.04. The number of hydrogen-bond donors (Lipinski definition) is 3. The van der Waals surface area contributed by atoms with E-state index in [2.05, 4.69) is 5.48 Å². The molecule has 8 heteroatoms. The molecule has 30 heavy (non-hydrogen) atoms. The van der Waals surface area contributed by atoms with Crippen LogP contribution in [0.5, 0.6) is 5.75 Å². The molecule has 0 radical (unpaired) electrons. The minimum absolute atomic E-state index is 0.0862. The zero-order valence-electron chi connectivity index (χ0n) is 16.3. The molecule has 158 valence electrons. The molecule has 0 bridgehead atoms. The number of nitrogens with two attached hydrogens (primary N) is 1. The van der Waals surface area contributed by atoms with Crippen LogP contribution >= 0.6 is 0 Å². The predicted molar refractivity (Wildman–Crippen MR) is 106 cm³/mol. The van der Waals surface area contributed by atoms with Crippen molar-refractivity contribution >= 4 is 17.8 Å². The van der Waals surface area contributed by atoms with Crippen LogP contribution in [0.1, 0.15) is 57.5 Å². The molecular formula is C22H23FN2O5. The number of fused-ring (bicyclic) bond motifs is 1. The standard InChI is InChI=1S/C15H17NO4.C7H6FNO/c17-14(9-5-6-9)16-20-13-8-7-12(15(18)19)10-3-1-2-4-11(10)13;8-6-3-1-2-5(4-6)7(9)10/h7-9H,1-6H2,(H,16,17)(H,18,19);1-4H,(H2,9,10). The molecule has 0 atom stereocenters. The number of halogens is 1. The number of carbonyl (C=O) groups excluding carboxylic acids is 2. The second kappa shape index (κ2) is 9.39. The van der Waals surface area contributed by atoms with Crippen molar-refractivity contribution in [1.82, 2.24) is 5.48 Å². The van der Waals surface area contributed by atoms with E-state index in [0.29, 0.717) is 11.3 Å². The Hall–Kier alpha value is -3.42. The van der Waals surface area contributed by atoms with Gasteiger partial charge in [-0.3, -0.25) is 9.59 Å². The van der Waals surface area contributed by atoms with Gasteiger partial charge in [-0.1, -0.05) is 6.07 Å². The first-order valence-electron chi connectivity index (χ1n) is 9.77. The number of carboxylic acid groups (broad SMARTS) is 1. The smallest absolute Gasteiger partial charge is 0.335 e. The van der Waals surface area contributed by atoms with Gasteiger partial charge in [0.25, 0.3) is 5.91 Å². The summed E-state index contributed by atoms with van der Waals surface area (Å²) in [5.41, 5.74) is 9.66. The summed E-state index contributed by atoms with van der Waals surface area (Å²) < 4.78 is 12.3. The van der Waals surface area contributed by atoms with Gasteiger partial charge in [-0.2, -0.15) is 5.48 Å². The van der Waals surface area contributed by atoms with Gasteiger partial charge in [0.1, 0.15) is 5.82 Å². The Kier molecular flexibility index (Phi) is 6.66. The zero-order chi connectivity index (χ0) is 21.7. The fourth-order valence-electron chi connectivity index (χ4n) is 3.31. The monoisotopic (exact) mass is 414 g/mol. The van der Waals surface area contributed by atoms with Gasteiger partial charge >= 0.3 is 5.97 Å². The minimum atomic E-state index is -0.906. The SMILES string of the molecule is NC(=O)c1cccc(F)c1.O=C(O)c1ccc(ONC(=O)C2CC2)c2c1CCCC2. The fraction of sp³-hybridized carbons (Fsp3) is 0.318. The Morgan fingerprint density at radius 1 is 1.07 bits per heavy atom. The second-order valence-electron chi connectivity index (χ2n) is 7.30. The lowest BCUT2D eigenvalue weighted by molar-refractivity contribution is -0.128. The lowest BCUT2D eigenvalue weighted by atomic mass is 9.87. The van der Waals surface area contributed by atoms with Gasteiger partial charge < -0.3 is 15.7 Å². The maximum atomic E-state index is 12.3. The summed E-state index contributed by atoms with van der Waals surface area (Å²) in [5, 5.41) is 9.22. The molecule has 0 aliphatic heterocycles. The van der Waals surface area contributed by atoms with Crippen LogP contribution in [0.15, 0.2) is 36.4 Å². The third kappa shape index (κ3) is 5.34. The number of hydrogen-bond acceptors (Lipinski definition) is 4. The lowest BCUT2D eigenvalue weighted by Gasteiger charge is -2.21. The molecule has 0 unspecified atom stereocenters. The molecule has 2 aromatic carbocycles. The molecule has 4 rings (SSSR count). The predicted octanol–water partition coefficient (Wildman–Crippen LogP) is 3.01. The van der Waals surface area contributed by atoms with E-state index < -0.39 is 17.7 Å². The van der Waals surface area contributed by atoms with E-state index in [0.717, 1.165) is 55.7 Å². The molecule has 0 aromatic heterocycles.